The molecule has 0 radical (unpaired) electrons. The molecule has 1 aromatic heterocycles. The van der Waals surface area contributed by atoms with Crippen LogP contribution in [0.5, 0.6) is 5.88 Å². The number of ether oxygens (including phenoxy) is 1. The summed E-state index contributed by atoms with van der Waals surface area (Å²) in [4.78, 5) is 14.8. The molecule has 0 aromatic carbocycles. The van der Waals surface area contributed by atoms with E-state index in [-0.39, 0.29) is 11.2 Å². The second-order valence-corrected chi connectivity index (χ2v) is 5.94. The van der Waals surface area contributed by atoms with Crippen molar-refractivity contribution >= 4 is 19.5 Å². The van der Waals surface area contributed by atoms with Crippen LogP contribution in [0.2, 0.25) is 0 Å². The van der Waals surface area contributed by atoms with Crippen LogP contribution in [0.4, 0.5) is 0 Å². The van der Waals surface area contributed by atoms with E-state index in [0.29, 0.717) is 17.9 Å². The van der Waals surface area contributed by atoms with Crippen LogP contribution < -0.4 is 4.74 Å². The van der Waals surface area contributed by atoms with Gasteiger partial charge < -0.3 is 14.0 Å². The van der Waals surface area contributed by atoms with Crippen LogP contribution in [0.25, 0.3) is 6.08 Å². The van der Waals surface area contributed by atoms with Crippen LogP contribution in [0.1, 0.15) is 43.7 Å². The first kappa shape index (κ1) is 15.7. The smallest absolute Gasteiger partial charge is 0.481 e. The first-order valence-electron chi connectivity index (χ1n) is 6.83. The van der Waals surface area contributed by atoms with E-state index < -0.39 is 7.12 Å². The number of nitrogens with zero attached hydrogens (tertiary/aromatic N) is 1. The highest BCUT2D eigenvalue weighted by atomic mass is 16.7. The summed E-state index contributed by atoms with van der Waals surface area (Å²) in [7, 11) is 1.09. The summed E-state index contributed by atoms with van der Waals surface area (Å²) in [5.41, 5.74) is 0.356. The Kier molecular flexibility index (Phi) is 4.21. The molecule has 5 nitrogen and oxygen atoms in total. The predicted molar refractivity (Wildman–Crippen MR) is 81.3 cm³/mol. The van der Waals surface area contributed by atoms with Gasteiger partial charge >= 0.3 is 7.12 Å². The maximum Gasteiger partial charge on any atom is 0.487 e. The topological polar surface area (TPSA) is 57.7 Å². The first-order chi connectivity index (χ1) is 9.79. The number of carbonyl (C=O) groups excluding carboxylic acids is 1. The Morgan fingerprint density at radius 2 is 1.81 bits per heavy atom. The molecule has 0 atom stereocenters. The molecule has 0 N–H and O–H groups in total. The monoisotopic (exact) mass is 289 g/mol. The predicted octanol–water partition coefficient (Wildman–Crippen LogP) is 2.55. The quantitative estimate of drug-likeness (QED) is 0.629. The number of hydrogen-bond donors (Lipinski definition) is 0. The van der Waals surface area contributed by atoms with Crippen molar-refractivity contribution in [2.45, 2.75) is 38.9 Å². The molecule has 21 heavy (non-hydrogen) atoms. The largest absolute Gasteiger partial charge is 0.487 e. The zero-order valence-electron chi connectivity index (χ0n) is 13.0. The molecule has 1 fully saturated rings. The average molecular weight is 289 g/mol. The van der Waals surface area contributed by atoms with E-state index in [4.69, 9.17) is 14.0 Å². The molecule has 1 aliphatic rings. The molecule has 0 unspecified atom stereocenters. The molecule has 2 heterocycles. The summed E-state index contributed by atoms with van der Waals surface area (Å²) in [6, 6.07) is 3.41. The van der Waals surface area contributed by atoms with Crippen LogP contribution in [-0.2, 0) is 9.31 Å². The van der Waals surface area contributed by atoms with Crippen molar-refractivity contribution in [3.8, 4) is 5.88 Å². The van der Waals surface area contributed by atoms with Crippen molar-refractivity contribution in [2.24, 2.45) is 0 Å². The minimum atomic E-state index is -0.426. The van der Waals surface area contributed by atoms with E-state index in [1.165, 1.54) is 7.11 Å². The third-order valence-electron chi connectivity index (χ3n) is 3.93. The summed E-state index contributed by atoms with van der Waals surface area (Å²) in [6.45, 7) is 8.01. The van der Waals surface area contributed by atoms with E-state index in [9.17, 15) is 4.79 Å². The van der Waals surface area contributed by atoms with Crippen molar-refractivity contribution < 1.29 is 18.8 Å². The number of hydrogen-bond acceptors (Lipinski definition) is 5. The number of methoxy groups -OCH3 is 1. The van der Waals surface area contributed by atoms with Crippen LogP contribution in [-0.4, -0.2) is 36.7 Å². The number of aromatic nitrogens is 1. The van der Waals surface area contributed by atoms with E-state index >= 15 is 0 Å². The van der Waals surface area contributed by atoms with Gasteiger partial charge in [0.1, 0.15) is 5.69 Å². The molecule has 0 saturated carbocycles. The highest BCUT2D eigenvalue weighted by Gasteiger charge is 2.50. The van der Waals surface area contributed by atoms with Crippen molar-refractivity contribution in [2.75, 3.05) is 7.11 Å². The van der Waals surface area contributed by atoms with Gasteiger partial charge in [-0.15, -0.1) is 0 Å². The second kappa shape index (κ2) is 5.62. The fourth-order valence-corrected chi connectivity index (χ4v) is 1.97. The summed E-state index contributed by atoms with van der Waals surface area (Å²) in [6.07, 6.45) is 2.51. The molecule has 0 bridgehead atoms. The maximum absolute atomic E-state index is 10.7. The van der Waals surface area contributed by atoms with Gasteiger partial charge in [-0.3, -0.25) is 4.79 Å². The summed E-state index contributed by atoms with van der Waals surface area (Å²) in [5.74, 6) is 2.21. The number of carbonyl (C=O) groups is 1. The molecule has 0 aliphatic carbocycles. The fraction of sp³-hybridized carbons (Fsp3) is 0.467. The third kappa shape index (κ3) is 3.17. The summed E-state index contributed by atoms with van der Waals surface area (Å²) >= 11 is 0. The molecule has 0 amide bonds. The van der Waals surface area contributed by atoms with Gasteiger partial charge in [-0.2, -0.15) is 0 Å². The van der Waals surface area contributed by atoms with Crippen molar-refractivity contribution in [1.82, 2.24) is 4.98 Å². The Morgan fingerprint density at radius 3 is 2.33 bits per heavy atom. The van der Waals surface area contributed by atoms with Crippen LogP contribution in [0.3, 0.4) is 0 Å². The molecule has 1 aliphatic heterocycles. The van der Waals surface area contributed by atoms with Gasteiger partial charge in [-0.05, 0) is 39.8 Å². The van der Waals surface area contributed by atoms with Crippen molar-refractivity contribution in [3.63, 3.8) is 0 Å². The Balaban J connectivity index is 2.18. The van der Waals surface area contributed by atoms with Gasteiger partial charge in [-0.1, -0.05) is 12.1 Å². The first-order valence-corrected chi connectivity index (χ1v) is 6.83. The van der Waals surface area contributed by atoms with E-state index in [1.54, 1.807) is 12.1 Å². The molecular weight excluding hydrogens is 269 g/mol. The van der Waals surface area contributed by atoms with E-state index in [2.05, 4.69) is 4.98 Å². The summed E-state index contributed by atoms with van der Waals surface area (Å²) in [5, 5.41) is 0. The molecule has 6 heteroatoms. The van der Waals surface area contributed by atoms with Gasteiger partial charge in [-0.25, -0.2) is 4.98 Å². The van der Waals surface area contributed by atoms with Gasteiger partial charge in [0.2, 0.25) is 5.88 Å². The molecule has 1 saturated heterocycles. The Hall–Kier alpha value is -1.66. The highest BCUT2D eigenvalue weighted by molar-refractivity contribution is 6.52. The molecule has 112 valence electrons. The van der Waals surface area contributed by atoms with Crippen molar-refractivity contribution in [1.29, 1.82) is 0 Å². The van der Waals surface area contributed by atoms with Crippen LogP contribution >= 0.6 is 0 Å². The SMILES string of the molecule is COc1nc(C=O)ccc1/C=C/B1OC(C)(C)C(C)(C)O1. The van der Waals surface area contributed by atoms with Gasteiger partial charge in [0, 0.05) is 5.56 Å². The lowest BCUT2D eigenvalue weighted by molar-refractivity contribution is 0.00578. The van der Waals surface area contributed by atoms with Crippen molar-refractivity contribution in [3.05, 3.63) is 29.4 Å². The molecule has 1 aromatic rings. The molecule has 2 rings (SSSR count). The van der Waals surface area contributed by atoms with Gasteiger partial charge in [0.25, 0.3) is 0 Å². The van der Waals surface area contributed by atoms with E-state index in [1.807, 2.05) is 39.7 Å². The lowest BCUT2D eigenvalue weighted by atomic mass is 9.89. The second-order valence-electron chi connectivity index (χ2n) is 5.94. The minimum absolute atomic E-state index is 0.333. The minimum Gasteiger partial charge on any atom is -0.481 e. The third-order valence-corrected chi connectivity index (χ3v) is 3.93. The normalized spacial score (nSPS) is 20.0. The van der Waals surface area contributed by atoms with Gasteiger partial charge in [0.15, 0.2) is 6.29 Å². The molecule has 0 spiro atoms. The Labute approximate surface area is 125 Å². The zero-order valence-corrected chi connectivity index (χ0v) is 13.0. The fourth-order valence-electron chi connectivity index (χ4n) is 1.97. The van der Waals surface area contributed by atoms with Gasteiger partial charge in [0.05, 0.1) is 18.3 Å². The van der Waals surface area contributed by atoms with Crippen LogP contribution in [0.15, 0.2) is 18.1 Å². The lowest BCUT2D eigenvalue weighted by Gasteiger charge is -2.32. The standard InChI is InChI=1S/C15H20BNO4/c1-14(2)15(3,4)21-16(20-14)9-8-11-6-7-12(10-18)17-13(11)19-5/h6-10H,1-5H3/b9-8+. The number of aldehydes is 1. The maximum atomic E-state index is 10.7. The average Bonchev–Trinajstić information content (AvgIpc) is 2.64. The summed E-state index contributed by atoms with van der Waals surface area (Å²) < 4.78 is 16.9. The lowest BCUT2D eigenvalue weighted by Crippen LogP contribution is -2.41. The molecular formula is C15H20BNO4. The Morgan fingerprint density at radius 1 is 1.19 bits per heavy atom. The number of pyridine rings is 1. The Bertz CT molecular complexity index is 553. The number of rotatable bonds is 4. The van der Waals surface area contributed by atoms with E-state index in [0.717, 1.165) is 5.56 Å². The zero-order chi connectivity index (χ0) is 15.7. The van der Waals surface area contributed by atoms with Crippen LogP contribution in [0, 0.1) is 0 Å². The highest BCUT2D eigenvalue weighted by Crippen LogP contribution is 2.37.